The van der Waals surface area contributed by atoms with Crippen molar-refractivity contribution in [3.63, 3.8) is 0 Å². The predicted molar refractivity (Wildman–Crippen MR) is 106 cm³/mol. The van der Waals surface area contributed by atoms with E-state index in [-0.39, 0.29) is 5.91 Å². The fraction of sp³-hybridized carbons (Fsp3) is 0.143. The Hall–Kier alpha value is -3.74. The van der Waals surface area contributed by atoms with Gasteiger partial charge in [0.25, 0.3) is 5.91 Å². The minimum atomic E-state index is -0.306. The zero-order valence-electron chi connectivity index (χ0n) is 15.3. The minimum absolute atomic E-state index is 0.297. The number of aromatic nitrogens is 1. The maximum Gasteiger partial charge on any atom is 0.274 e. The Labute approximate surface area is 162 Å². The van der Waals surface area contributed by atoms with Gasteiger partial charge in [0.1, 0.15) is 24.7 Å². The fourth-order valence-electron chi connectivity index (χ4n) is 2.82. The molecule has 0 saturated carbocycles. The molecule has 7 heteroatoms. The Morgan fingerprint density at radius 3 is 2.64 bits per heavy atom. The van der Waals surface area contributed by atoms with E-state index in [4.69, 9.17) is 14.2 Å². The van der Waals surface area contributed by atoms with Crippen LogP contribution >= 0.6 is 0 Å². The Bertz CT molecular complexity index is 1010. The maximum absolute atomic E-state index is 12.5. The smallest absolute Gasteiger partial charge is 0.274 e. The second kappa shape index (κ2) is 7.87. The van der Waals surface area contributed by atoms with Crippen LogP contribution in [0.15, 0.2) is 60.8 Å². The van der Waals surface area contributed by atoms with Crippen LogP contribution in [-0.2, 0) is 0 Å². The van der Waals surface area contributed by atoms with E-state index in [1.54, 1.807) is 37.6 Å². The molecule has 0 bridgehead atoms. The van der Waals surface area contributed by atoms with Gasteiger partial charge >= 0.3 is 0 Å². The van der Waals surface area contributed by atoms with Gasteiger partial charge in [-0.05, 0) is 36.4 Å². The summed E-state index contributed by atoms with van der Waals surface area (Å²) in [6.07, 6.45) is 1.58. The van der Waals surface area contributed by atoms with Crippen LogP contribution in [0.4, 0.5) is 17.1 Å². The average molecular weight is 377 g/mol. The Kier molecular flexibility index (Phi) is 4.97. The number of hydrogen-bond donors (Lipinski definition) is 2. The van der Waals surface area contributed by atoms with Gasteiger partial charge in [-0.15, -0.1) is 0 Å². The van der Waals surface area contributed by atoms with Crippen LogP contribution in [-0.4, -0.2) is 31.2 Å². The van der Waals surface area contributed by atoms with E-state index in [1.807, 2.05) is 30.3 Å². The number of amides is 1. The monoisotopic (exact) mass is 377 g/mol. The highest BCUT2D eigenvalue weighted by atomic mass is 16.6. The van der Waals surface area contributed by atoms with E-state index < -0.39 is 0 Å². The van der Waals surface area contributed by atoms with Crippen LogP contribution in [0.2, 0.25) is 0 Å². The number of nitrogens with one attached hydrogen (secondary N) is 2. The largest absolute Gasteiger partial charge is 0.497 e. The molecular weight excluding hydrogens is 358 g/mol. The van der Waals surface area contributed by atoms with Crippen molar-refractivity contribution in [3.05, 3.63) is 66.5 Å². The van der Waals surface area contributed by atoms with Crippen molar-refractivity contribution in [3.8, 4) is 17.2 Å². The van der Waals surface area contributed by atoms with Crippen molar-refractivity contribution in [1.29, 1.82) is 0 Å². The summed E-state index contributed by atoms with van der Waals surface area (Å²) in [6.45, 7) is 1.08. The number of ether oxygens (including phenoxy) is 3. The topological polar surface area (TPSA) is 81.7 Å². The van der Waals surface area contributed by atoms with Gasteiger partial charge in [-0.25, -0.2) is 0 Å². The number of pyridine rings is 1. The Morgan fingerprint density at radius 2 is 1.79 bits per heavy atom. The van der Waals surface area contributed by atoms with Crippen molar-refractivity contribution in [2.75, 3.05) is 31.0 Å². The molecule has 28 heavy (non-hydrogen) atoms. The van der Waals surface area contributed by atoms with Crippen molar-refractivity contribution >= 4 is 23.0 Å². The molecule has 0 radical (unpaired) electrons. The lowest BCUT2D eigenvalue weighted by Crippen LogP contribution is -2.15. The number of fused-ring (bicyclic) bond motifs is 1. The fourth-order valence-corrected chi connectivity index (χ4v) is 2.82. The van der Waals surface area contributed by atoms with Crippen LogP contribution in [0.25, 0.3) is 0 Å². The molecule has 0 spiro atoms. The second-order valence-electron chi connectivity index (χ2n) is 6.10. The highest BCUT2D eigenvalue weighted by Crippen LogP contribution is 2.33. The van der Waals surface area contributed by atoms with Crippen molar-refractivity contribution < 1.29 is 19.0 Å². The SMILES string of the molecule is COc1cccc(NC(=O)c2cc(Nc3ccc4c(c3)OCCO4)ccn2)c1. The first kappa shape index (κ1) is 17.7. The maximum atomic E-state index is 12.5. The standard InChI is InChI=1S/C21H19N3O4/c1-26-17-4-2-3-14(11-17)24-21(25)18-12-16(7-8-22-18)23-15-5-6-19-20(13-15)28-10-9-27-19/h2-8,11-13H,9-10H2,1H3,(H,22,23)(H,24,25). The Morgan fingerprint density at radius 1 is 0.964 bits per heavy atom. The number of methoxy groups -OCH3 is 1. The normalized spacial score (nSPS) is 12.2. The molecule has 0 unspecified atom stereocenters. The zero-order valence-corrected chi connectivity index (χ0v) is 15.3. The van der Waals surface area contributed by atoms with Gasteiger partial charge in [-0.2, -0.15) is 0 Å². The highest BCUT2D eigenvalue weighted by Gasteiger charge is 2.13. The van der Waals surface area contributed by atoms with Crippen molar-refractivity contribution in [1.82, 2.24) is 4.98 Å². The average Bonchev–Trinajstić information content (AvgIpc) is 2.74. The molecule has 0 atom stereocenters. The van der Waals surface area contributed by atoms with Crippen LogP contribution < -0.4 is 24.8 Å². The van der Waals surface area contributed by atoms with Gasteiger partial charge in [0.15, 0.2) is 11.5 Å². The van der Waals surface area contributed by atoms with Crippen LogP contribution in [0, 0.1) is 0 Å². The summed E-state index contributed by atoms with van der Waals surface area (Å²) in [5, 5.41) is 6.08. The summed E-state index contributed by atoms with van der Waals surface area (Å²) in [7, 11) is 1.58. The predicted octanol–water partition coefficient (Wildman–Crippen LogP) is 3.86. The number of anilines is 3. The number of carbonyl (C=O) groups excluding carboxylic acids is 1. The lowest BCUT2D eigenvalue weighted by Gasteiger charge is -2.19. The molecule has 2 N–H and O–H groups in total. The molecule has 3 aromatic rings. The first-order valence-electron chi connectivity index (χ1n) is 8.79. The molecule has 142 valence electrons. The van der Waals surface area contributed by atoms with Crippen LogP contribution in [0.1, 0.15) is 10.5 Å². The van der Waals surface area contributed by atoms with Crippen molar-refractivity contribution in [2.45, 2.75) is 0 Å². The van der Waals surface area contributed by atoms with E-state index >= 15 is 0 Å². The molecule has 2 aromatic carbocycles. The van der Waals surface area contributed by atoms with Gasteiger partial charge in [0.05, 0.1) is 7.11 Å². The Balaban J connectivity index is 1.48. The summed E-state index contributed by atoms with van der Waals surface area (Å²) in [6, 6.07) is 16.2. The van der Waals surface area contributed by atoms with E-state index in [0.29, 0.717) is 36.1 Å². The van der Waals surface area contributed by atoms with Gasteiger partial charge < -0.3 is 24.8 Å². The number of rotatable bonds is 5. The van der Waals surface area contributed by atoms with Crippen LogP contribution in [0.5, 0.6) is 17.2 Å². The van der Waals surface area contributed by atoms with Gasteiger partial charge in [-0.1, -0.05) is 6.07 Å². The van der Waals surface area contributed by atoms with Crippen molar-refractivity contribution in [2.24, 2.45) is 0 Å². The molecule has 0 aliphatic carbocycles. The molecule has 1 amide bonds. The lowest BCUT2D eigenvalue weighted by atomic mass is 10.2. The molecule has 0 saturated heterocycles. The summed E-state index contributed by atoms with van der Waals surface area (Å²) in [4.78, 5) is 16.7. The third-order valence-corrected chi connectivity index (χ3v) is 4.15. The van der Waals surface area contributed by atoms with E-state index in [0.717, 1.165) is 17.1 Å². The van der Waals surface area contributed by atoms with Gasteiger partial charge in [-0.3, -0.25) is 9.78 Å². The lowest BCUT2D eigenvalue weighted by molar-refractivity contribution is 0.102. The van der Waals surface area contributed by atoms with Crippen LogP contribution in [0.3, 0.4) is 0 Å². The molecular formula is C21H19N3O4. The quantitative estimate of drug-likeness (QED) is 0.703. The third-order valence-electron chi connectivity index (χ3n) is 4.15. The highest BCUT2D eigenvalue weighted by molar-refractivity contribution is 6.03. The molecule has 2 heterocycles. The zero-order chi connectivity index (χ0) is 19.3. The molecule has 7 nitrogen and oxygen atoms in total. The van der Waals surface area contributed by atoms with E-state index in [2.05, 4.69) is 15.6 Å². The molecule has 4 rings (SSSR count). The first-order valence-corrected chi connectivity index (χ1v) is 8.79. The molecule has 1 aliphatic heterocycles. The van der Waals surface area contributed by atoms with E-state index in [9.17, 15) is 4.79 Å². The number of hydrogen-bond acceptors (Lipinski definition) is 6. The number of benzene rings is 2. The number of carbonyl (C=O) groups is 1. The third kappa shape index (κ3) is 3.98. The molecule has 0 fully saturated rings. The first-order chi connectivity index (χ1) is 13.7. The summed E-state index contributed by atoms with van der Waals surface area (Å²) in [5.74, 6) is 1.78. The molecule has 1 aromatic heterocycles. The number of nitrogens with zero attached hydrogens (tertiary/aromatic N) is 1. The summed E-state index contributed by atoms with van der Waals surface area (Å²) < 4.78 is 16.3. The second-order valence-corrected chi connectivity index (χ2v) is 6.10. The van der Waals surface area contributed by atoms with Gasteiger partial charge in [0.2, 0.25) is 0 Å². The van der Waals surface area contributed by atoms with E-state index in [1.165, 1.54) is 0 Å². The molecule has 1 aliphatic rings. The summed E-state index contributed by atoms with van der Waals surface area (Å²) >= 11 is 0. The minimum Gasteiger partial charge on any atom is -0.497 e. The summed E-state index contributed by atoms with van der Waals surface area (Å²) in [5.41, 5.74) is 2.50. The van der Waals surface area contributed by atoms with Gasteiger partial charge in [0, 0.05) is 35.4 Å².